The van der Waals surface area contributed by atoms with Crippen molar-refractivity contribution in [1.82, 2.24) is 19.2 Å². The highest BCUT2D eigenvalue weighted by molar-refractivity contribution is 7.88. The number of carbonyl (C=O) groups is 1. The molecule has 3 heterocycles. The van der Waals surface area contributed by atoms with E-state index >= 15 is 0 Å². The number of rotatable bonds is 3. The van der Waals surface area contributed by atoms with Crippen molar-refractivity contribution >= 4 is 27.5 Å². The molecule has 2 aliphatic rings. The van der Waals surface area contributed by atoms with Crippen molar-refractivity contribution in [3.8, 4) is 0 Å². The molecule has 1 unspecified atom stereocenters. The monoisotopic (exact) mass is 360 g/mol. The summed E-state index contributed by atoms with van der Waals surface area (Å²) in [5.74, 6) is -0.102. The lowest BCUT2D eigenvalue weighted by atomic mass is 9.82. The van der Waals surface area contributed by atoms with Crippen LogP contribution in [-0.4, -0.2) is 66.4 Å². The molecule has 1 spiro atoms. The molecule has 1 aromatic heterocycles. The Kier molecular flexibility index (Phi) is 4.68. The number of nitrogens with zero attached hydrogens (tertiary/aromatic N) is 3. The Morgan fingerprint density at radius 3 is 2.83 bits per heavy atom. The summed E-state index contributed by atoms with van der Waals surface area (Å²) in [6, 6.07) is -0.0938. The van der Waals surface area contributed by atoms with E-state index in [2.05, 4.69) is 14.3 Å². The first-order valence-corrected chi connectivity index (χ1v) is 10.3. The van der Waals surface area contributed by atoms with Gasteiger partial charge in [0.25, 0.3) is 5.91 Å². The molecule has 128 valence electrons. The van der Waals surface area contributed by atoms with E-state index in [0.29, 0.717) is 51.1 Å². The van der Waals surface area contributed by atoms with E-state index in [0.717, 1.165) is 11.5 Å². The third-order valence-corrected chi connectivity index (χ3v) is 5.68. The first kappa shape index (κ1) is 16.7. The molecule has 2 fully saturated rings. The fourth-order valence-corrected chi connectivity index (χ4v) is 4.55. The SMILES string of the molecule is CS(=O)(=O)NC1CCOC2(CCN(C(=O)c3csnn3)CC2)C1. The van der Waals surface area contributed by atoms with Gasteiger partial charge in [0, 0.05) is 31.1 Å². The van der Waals surface area contributed by atoms with E-state index in [4.69, 9.17) is 4.74 Å². The standard InChI is InChI=1S/C13H20N4O4S2/c1-23(19,20)15-10-2-7-21-13(8-10)3-5-17(6-4-13)12(18)11-9-22-16-14-11/h9-10,15H,2-8H2,1H3. The summed E-state index contributed by atoms with van der Waals surface area (Å²) >= 11 is 1.16. The molecular weight excluding hydrogens is 340 g/mol. The molecule has 0 aliphatic carbocycles. The maximum Gasteiger partial charge on any atom is 0.275 e. The van der Waals surface area contributed by atoms with E-state index in [1.165, 1.54) is 6.26 Å². The summed E-state index contributed by atoms with van der Waals surface area (Å²) in [5, 5.41) is 5.47. The minimum Gasteiger partial charge on any atom is -0.375 e. The van der Waals surface area contributed by atoms with E-state index in [1.807, 2.05) is 0 Å². The van der Waals surface area contributed by atoms with Crippen LogP contribution in [0.15, 0.2) is 5.38 Å². The van der Waals surface area contributed by atoms with Crippen LogP contribution in [0.3, 0.4) is 0 Å². The van der Waals surface area contributed by atoms with Crippen LogP contribution in [0.1, 0.15) is 36.2 Å². The summed E-state index contributed by atoms with van der Waals surface area (Å²) < 4.78 is 35.2. The molecule has 23 heavy (non-hydrogen) atoms. The average Bonchev–Trinajstić information content (AvgIpc) is 3.00. The Labute approximate surface area is 139 Å². The zero-order valence-electron chi connectivity index (χ0n) is 12.9. The number of hydrogen-bond acceptors (Lipinski definition) is 7. The van der Waals surface area contributed by atoms with Gasteiger partial charge in [-0.25, -0.2) is 13.1 Å². The second-order valence-corrected chi connectivity index (χ2v) is 8.58. The molecule has 2 aliphatic heterocycles. The Hall–Kier alpha value is -1.10. The van der Waals surface area contributed by atoms with Crippen molar-refractivity contribution < 1.29 is 17.9 Å². The highest BCUT2D eigenvalue weighted by Crippen LogP contribution is 2.35. The highest BCUT2D eigenvalue weighted by Gasteiger charge is 2.42. The highest BCUT2D eigenvalue weighted by atomic mass is 32.2. The average molecular weight is 360 g/mol. The Morgan fingerprint density at radius 1 is 1.48 bits per heavy atom. The Morgan fingerprint density at radius 2 is 2.22 bits per heavy atom. The van der Waals surface area contributed by atoms with Gasteiger partial charge in [-0.2, -0.15) is 0 Å². The molecule has 10 heteroatoms. The van der Waals surface area contributed by atoms with Gasteiger partial charge in [-0.3, -0.25) is 4.79 Å². The number of nitrogens with one attached hydrogen (secondary N) is 1. The van der Waals surface area contributed by atoms with Gasteiger partial charge < -0.3 is 9.64 Å². The lowest BCUT2D eigenvalue weighted by molar-refractivity contribution is -0.113. The molecule has 0 radical (unpaired) electrons. The number of amides is 1. The molecule has 3 rings (SSSR count). The Bertz CT molecular complexity index is 654. The lowest BCUT2D eigenvalue weighted by Gasteiger charge is -2.46. The molecular formula is C13H20N4O4S2. The normalized spacial score (nSPS) is 24.7. The minimum atomic E-state index is -3.22. The summed E-state index contributed by atoms with van der Waals surface area (Å²) in [7, 11) is -3.22. The molecule has 1 amide bonds. The largest absolute Gasteiger partial charge is 0.375 e. The van der Waals surface area contributed by atoms with Gasteiger partial charge >= 0.3 is 0 Å². The number of piperidine rings is 1. The molecule has 1 atom stereocenters. The summed E-state index contributed by atoms with van der Waals surface area (Å²) in [5.41, 5.74) is 0.0460. The fourth-order valence-electron chi connectivity index (χ4n) is 3.32. The maximum absolute atomic E-state index is 12.3. The van der Waals surface area contributed by atoms with Crippen LogP contribution in [0, 0.1) is 0 Å². The van der Waals surface area contributed by atoms with Crippen molar-refractivity contribution in [2.45, 2.75) is 37.3 Å². The van der Waals surface area contributed by atoms with Gasteiger partial charge in [0.2, 0.25) is 10.0 Å². The predicted octanol–water partition coefficient (Wildman–Crippen LogP) is 0.241. The first-order valence-electron chi connectivity index (χ1n) is 7.55. The lowest BCUT2D eigenvalue weighted by Crippen LogP contribution is -2.54. The van der Waals surface area contributed by atoms with Gasteiger partial charge in [-0.05, 0) is 37.2 Å². The van der Waals surface area contributed by atoms with E-state index in [-0.39, 0.29) is 17.6 Å². The first-order chi connectivity index (χ1) is 10.9. The van der Waals surface area contributed by atoms with Crippen LogP contribution in [0.25, 0.3) is 0 Å². The maximum atomic E-state index is 12.3. The van der Waals surface area contributed by atoms with Gasteiger partial charge in [0.15, 0.2) is 5.69 Å². The predicted molar refractivity (Wildman–Crippen MR) is 84.7 cm³/mol. The summed E-state index contributed by atoms with van der Waals surface area (Å²) in [6.07, 6.45) is 3.93. The van der Waals surface area contributed by atoms with Crippen molar-refractivity contribution in [3.05, 3.63) is 11.1 Å². The van der Waals surface area contributed by atoms with Gasteiger partial charge in [-0.15, -0.1) is 5.10 Å². The van der Waals surface area contributed by atoms with Gasteiger partial charge in [0.1, 0.15) is 0 Å². The van der Waals surface area contributed by atoms with Crippen LogP contribution in [0.2, 0.25) is 0 Å². The summed E-state index contributed by atoms with van der Waals surface area (Å²) in [6.45, 7) is 1.71. The van der Waals surface area contributed by atoms with Crippen LogP contribution in [0.4, 0.5) is 0 Å². The van der Waals surface area contributed by atoms with E-state index in [1.54, 1.807) is 10.3 Å². The third kappa shape index (κ3) is 4.06. The Balaban J connectivity index is 1.60. The number of ether oxygens (including phenoxy) is 1. The number of sulfonamides is 1. The molecule has 0 aromatic carbocycles. The molecule has 0 bridgehead atoms. The van der Waals surface area contributed by atoms with Crippen molar-refractivity contribution in [2.24, 2.45) is 0 Å². The molecule has 1 aromatic rings. The van der Waals surface area contributed by atoms with Gasteiger partial charge in [-0.1, -0.05) is 4.49 Å². The molecule has 1 N–H and O–H groups in total. The summed E-state index contributed by atoms with van der Waals surface area (Å²) in [4.78, 5) is 14.0. The smallest absolute Gasteiger partial charge is 0.275 e. The zero-order valence-corrected chi connectivity index (χ0v) is 14.5. The van der Waals surface area contributed by atoms with Crippen molar-refractivity contribution in [1.29, 1.82) is 0 Å². The van der Waals surface area contributed by atoms with Gasteiger partial charge in [0.05, 0.1) is 11.9 Å². The zero-order chi connectivity index (χ0) is 16.5. The molecule has 2 saturated heterocycles. The number of carbonyl (C=O) groups excluding carboxylic acids is 1. The van der Waals surface area contributed by atoms with Crippen molar-refractivity contribution in [2.75, 3.05) is 26.0 Å². The quantitative estimate of drug-likeness (QED) is 0.829. The number of aromatic nitrogens is 2. The van der Waals surface area contributed by atoms with Crippen LogP contribution in [-0.2, 0) is 14.8 Å². The molecule has 8 nitrogen and oxygen atoms in total. The second-order valence-electron chi connectivity index (χ2n) is 6.19. The number of likely N-dealkylation sites (tertiary alicyclic amines) is 1. The van der Waals surface area contributed by atoms with Crippen LogP contribution >= 0.6 is 11.5 Å². The van der Waals surface area contributed by atoms with E-state index < -0.39 is 10.0 Å². The second kappa shape index (κ2) is 6.42. The van der Waals surface area contributed by atoms with Crippen LogP contribution < -0.4 is 4.72 Å². The minimum absolute atomic E-state index is 0.0938. The topological polar surface area (TPSA) is 101 Å². The third-order valence-electron chi connectivity index (χ3n) is 4.41. The fraction of sp³-hybridized carbons (Fsp3) is 0.769. The van der Waals surface area contributed by atoms with Crippen LogP contribution in [0.5, 0.6) is 0 Å². The molecule has 0 saturated carbocycles. The number of hydrogen-bond donors (Lipinski definition) is 1. The van der Waals surface area contributed by atoms with E-state index in [9.17, 15) is 13.2 Å². The van der Waals surface area contributed by atoms with Crippen molar-refractivity contribution in [3.63, 3.8) is 0 Å².